The van der Waals surface area contributed by atoms with Gasteiger partial charge in [-0.15, -0.1) is 0 Å². The van der Waals surface area contributed by atoms with E-state index in [9.17, 15) is 9.59 Å². The molecule has 0 aliphatic carbocycles. The number of hydrogen-bond donors (Lipinski definition) is 1. The third-order valence-electron chi connectivity index (χ3n) is 4.33. The van der Waals surface area contributed by atoms with Crippen LogP contribution in [0, 0.1) is 0 Å². The number of hydrogen-bond acceptors (Lipinski definition) is 2. The van der Waals surface area contributed by atoms with Gasteiger partial charge in [0, 0.05) is 19.5 Å². The van der Waals surface area contributed by atoms with E-state index in [1.807, 2.05) is 74.5 Å². The summed E-state index contributed by atoms with van der Waals surface area (Å²) in [4.78, 5) is 26.6. The van der Waals surface area contributed by atoms with E-state index in [4.69, 9.17) is 0 Å². The Morgan fingerprint density at radius 2 is 1.58 bits per heavy atom. The van der Waals surface area contributed by atoms with Crippen LogP contribution in [0.5, 0.6) is 0 Å². The Morgan fingerprint density at radius 3 is 2.19 bits per heavy atom. The Morgan fingerprint density at radius 1 is 0.962 bits per heavy atom. The van der Waals surface area contributed by atoms with Gasteiger partial charge in [-0.05, 0) is 24.5 Å². The molecule has 1 N–H and O–H groups in total. The molecule has 1 atom stereocenters. The molecule has 138 valence electrons. The van der Waals surface area contributed by atoms with Gasteiger partial charge < -0.3 is 10.2 Å². The number of benzene rings is 2. The zero-order valence-electron chi connectivity index (χ0n) is 15.7. The van der Waals surface area contributed by atoms with Gasteiger partial charge in [-0.3, -0.25) is 9.59 Å². The second-order valence-electron chi connectivity index (χ2n) is 6.49. The summed E-state index contributed by atoms with van der Waals surface area (Å²) in [5.41, 5.74) is 2.08. The average molecular weight is 352 g/mol. The molecular formula is C22H28N2O2. The highest BCUT2D eigenvalue weighted by molar-refractivity contribution is 5.80. The lowest BCUT2D eigenvalue weighted by Gasteiger charge is -2.23. The van der Waals surface area contributed by atoms with Crippen molar-refractivity contribution in [1.82, 2.24) is 10.2 Å². The van der Waals surface area contributed by atoms with E-state index in [-0.39, 0.29) is 17.9 Å². The second-order valence-corrected chi connectivity index (χ2v) is 6.49. The topological polar surface area (TPSA) is 49.4 Å². The van der Waals surface area contributed by atoms with Gasteiger partial charge in [0.15, 0.2) is 0 Å². The molecule has 4 nitrogen and oxygen atoms in total. The third-order valence-corrected chi connectivity index (χ3v) is 4.33. The van der Waals surface area contributed by atoms with Crippen LogP contribution in [-0.4, -0.2) is 29.8 Å². The van der Waals surface area contributed by atoms with Crippen LogP contribution in [0.4, 0.5) is 0 Å². The molecule has 2 amide bonds. The van der Waals surface area contributed by atoms with Crippen molar-refractivity contribution in [3.63, 3.8) is 0 Å². The van der Waals surface area contributed by atoms with Gasteiger partial charge in [-0.25, -0.2) is 0 Å². The van der Waals surface area contributed by atoms with Gasteiger partial charge in [-0.1, -0.05) is 67.6 Å². The van der Waals surface area contributed by atoms with Crippen LogP contribution in [0.2, 0.25) is 0 Å². The largest absolute Gasteiger partial charge is 0.350 e. The molecule has 4 heteroatoms. The molecule has 1 unspecified atom stereocenters. The molecule has 26 heavy (non-hydrogen) atoms. The van der Waals surface area contributed by atoms with Crippen molar-refractivity contribution in [2.24, 2.45) is 0 Å². The van der Waals surface area contributed by atoms with Gasteiger partial charge in [0.25, 0.3) is 0 Å². The first-order chi connectivity index (χ1) is 12.6. The van der Waals surface area contributed by atoms with Crippen molar-refractivity contribution >= 4 is 11.8 Å². The van der Waals surface area contributed by atoms with Crippen LogP contribution >= 0.6 is 0 Å². The minimum absolute atomic E-state index is 0.0324. The van der Waals surface area contributed by atoms with E-state index >= 15 is 0 Å². The molecule has 0 fully saturated rings. The summed E-state index contributed by atoms with van der Waals surface area (Å²) in [7, 11) is 0. The highest BCUT2D eigenvalue weighted by atomic mass is 16.2. The molecular weight excluding hydrogens is 324 g/mol. The summed E-state index contributed by atoms with van der Waals surface area (Å²) in [5.74, 6) is 0.0388. The highest BCUT2D eigenvalue weighted by Crippen LogP contribution is 2.11. The predicted octanol–water partition coefficient (Wildman–Crippen LogP) is 3.74. The highest BCUT2D eigenvalue weighted by Gasteiger charge is 2.16. The summed E-state index contributed by atoms with van der Waals surface area (Å²) in [5, 5.41) is 3.01. The summed E-state index contributed by atoms with van der Waals surface area (Å²) in [6, 6.07) is 19.6. The van der Waals surface area contributed by atoms with Gasteiger partial charge >= 0.3 is 0 Å². The normalized spacial score (nSPS) is 11.6. The van der Waals surface area contributed by atoms with Crippen LogP contribution < -0.4 is 5.32 Å². The molecule has 0 radical (unpaired) electrons. The first-order valence-electron chi connectivity index (χ1n) is 9.26. The molecule has 0 heterocycles. The number of nitrogens with zero attached hydrogens (tertiary/aromatic N) is 1. The summed E-state index contributed by atoms with van der Waals surface area (Å²) < 4.78 is 0. The van der Waals surface area contributed by atoms with Crippen LogP contribution in [-0.2, 0) is 16.0 Å². The molecule has 0 spiro atoms. The van der Waals surface area contributed by atoms with Crippen LogP contribution in [0.3, 0.4) is 0 Å². The molecule has 2 rings (SSSR count). The number of amides is 2. The smallest absolute Gasteiger partial charge is 0.227 e. The second kappa shape index (κ2) is 10.4. The minimum atomic E-state index is -0.0386. The maximum Gasteiger partial charge on any atom is 0.227 e. The zero-order chi connectivity index (χ0) is 18.8. The van der Waals surface area contributed by atoms with Crippen molar-refractivity contribution in [1.29, 1.82) is 0 Å². The van der Waals surface area contributed by atoms with E-state index < -0.39 is 0 Å². The Kier molecular flexibility index (Phi) is 7.87. The molecule has 0 bridgehead atoms. The first-order valence-corrected chi connectivity index (χ1v) is 9.26. The lowest BCUT2D eigenvalue weighted by molar-refractivity contribution is -0.131. The molecule has 0 aliphatic heterocycles. The maximum absolute atomic E-state index is 12.6. The summed E-state index contributed by atoms with van der Waals surface area (Å²) in [6.07, 6.45) is 1.57. The number of nitrogens with one attached hydrogen (secondary N) is 1. The van der Waals surface area contributed by atoms with Gasteiger partial charge in [0.1, 0.15) is 0 Å². The molecule has 0 saturated carbocycles. The molecule has 0 saturated heterocycles. The fraction of sp³-hybridized carbons (Fsp3) is 0.364. The number of carbonyl (C=O) groups excluding carboxylic acids is 2. The van der Waals surface area contributed by atoms with Crippen molar-refractivity contribution in [3.05, 3.63) is 71.8 Å². The zero-order valence-corrected chi connectivity index (χ0v) is 15.7. The Balaban J connectivity index is 1.85. The Hall–Kier alpha value is -2.62. The lowest BCUT2D eigenvalue weighted by atomic mass is 10.1. The van der Waals surface area contributed by atoms with Crippen molar-refractivity contribution in [2.45, 2.75) is 39.2 Å². The molecule has 0 aromatic heterocycles. The van der Waals surface area contributed by atoms with Crippen molar-refractivity contribution in [2.75, 3.05) is 13.1 Å². The quantitative estimate of drug-likeness (QED) is 0.747. The fourth-order valence-corrected chi connectivity index (χ4v) is 2.89. The lowest BCUT2D eigenvalue weighted by Crippen LogP contribution is -2.37. The molecule has 0 aliphatic rings. The van der Waals surface area contributed by atoms with E-state index in [1.54, 1.807) is 4.90 Å². The van der Waals surface area contributed by atoms with Gasteiger partial charge in [-0.2, -0.15) is 0 Å². The fourth-order valence-electron chi connectivity index (χ4n) is 2.89. The van der Waals surface area contributed by atoms with Gasteiger partial charge in [0.05, 0.1) is 12.5 Å². The first kappa shape index (κ1) is 19.7. The van der Waals surface area contributed by atoms with E-state index in [2.05, 4.69) is 5.32 Å². The predicted molar refractivity (Wildman–Crippen MR) is 105 cm³/mol. The van der Waals surface area contributed by atoms with Crippen LogP contribution in [0.15, 0.2) is 60.7 Å². The summed E-state index contributed by atoms with van der Waals surface area (Å²) in [6.45, 7) is 5.14. The Labute approximate surface area is 156 Å². The third kappa shape index (κ3) is 6.36. The molecule has 2 aromatic carbocycles. The molecule has 2 aromatic rings. The summed E-state index contributed by atoms with van der Waals surface area (Å²) >= 11 is 0. The van der Waals surface area contributed by atoms with Crippen LogP contribution in [0.1, 0.15) is 43.9 Å². The van der Waals surface area contributed by atoms with Crippen molar-refractivity contribution < 1.29 is 9.59 Å². The standard InChI is InChI=1S/C22H28N2O2/c1-3-15-24(22(26)17-19-10-6-4-7-11-19)16-14-21(25)23-18(2)20-12-8-5-9-13-20/h4-13,18H,3,14-17H2,1-2H3,(H,23,25). The maximum atomic E-state index is 12.6. The van der Waals surface area contributed by atoms with E-state index in [0.717, 1.165) is 17.5 Å². The van der Waals surface area contributed by atoms with Crippen LogP contribution in [0.25, 0.3) is 0 Å². The number of carbonyl (C=O) groups is 2. The monoisotopic (exact) mass is 352 g/mol. The SMILES string of the molecule is CCCN(CCC(=O)NC(C)c1ccccc1)C(=O)Cc1ccccc1. The minimum Gasteiger partial charge on any atom is -0.350 e. The van der Waals surface area contributed by atoms with E-state index in [0.29, 0.717) is 25.9 Å². The van der Waals surface area contributed by atoms with Gasteiger partial charge in [0.2, 0.25) is 11.8 Å². The Bertz CT molecular complexity index is 686. The van der Waals surface area contributed by atoms with Crippen molar-refractivity contribution in [3.8, 4) is 0 Å². The average Bonchev–Trinajstić information content (AvgIpc) is 2.66. The number of rotatable bonds is 9. The van der Waals surface area contributed by atoms with E-state index in [1.165, 1.54) is 0 Å².